The van der Waals surface area contributed by atoms with Crippen LogP contribution in [0.25, 0.3) is 0 Å². The van der Waals surface area contributed by atoms with E-state index in [9.17, 15) is 9.59 Å². The highest BCUT2D eigenvalue weighted by molar-refractivity contribution is 5.76. The standard InChI is InChI=1S/C15H28N2O3/c1-5-20-13(18)12-6-10-17(11-7-12)14(19)16-9-8-15(2,3)4/h12H,5-11H2,1-4H3,(H,16,19). The zero-order valence-electron chi connectivity index (χ0n) is 13.2. The molecule has 0 aromatic rings. The first-order chi connectivity index (χ1) is 9.33. The topological polar surface area (TPSA) is 58.6 Å². The Kier molecular flexibility index (Phi) is 6.30. The number of hydrogen-bond donors (Lipinski definition) is 1. The number of hydrogen-bond acceptors (Lipinski definition) is 3. The van der Waals surface area contributed by atoms with Crippen molar-refractivity contribution in [1.29, 1.82) is 0 Å². The summed E-state index contributed by atoms with van der Waals surface area (Å²) in [6, 6.07) is -0.0171. The molecule has 1 aliphatic heterocycles. The van der Waals surface area contributed by atoms with Gasteiger partial charge in [0, 0.05) is 19.6 Å². The quantitative estimate of drug-likeness (QED) is 0.807. The summed E-state index contributed by atoms with van der Waals surface area (Å²) in [6.07, 6.45) is 2.36. The Morgan fingerprint density at radius 3 is 2.35 bits per heavy atom. The molecular formula is C15H28N2O3. The minimum Gasteiger partial charge on any atom is -0.466 e. The fourth-order valence-electron chi connectivity index (χ4n) is 2.23. The lowest BCUT2D eigenvalue weighted by Gasteiger charge is -2.31. The summed E-state index contributed by atoms with van der Waals surface area (Å²) in [5.41, 5.74) is 0.226. The number of amides is 2. The molecule has 20 heavy (non-hydrogen) atoms. The molecule has 1 N–H and O–H groups in total. The van der Waals surface area contributed by atoms with Gasteiger partial charge in [0.25, 0.3) is 0 Å². The smallest absolute Gasteiger partial charge is 0.317 e. The number of urea groups is 1. The van der Waals surface area contributed by atoms with Gasteiger partial charge in [-0.15, -0.1) is 0 Å². The molecule has 116 valence electrons. The maximum atomic E-state index is 12.0. The average molecular weight is 284 g/mol. The zero-order valence-corrected chi connectivity index (χ0v) is 13.2. The van der Waals surface area contributed by atoms with Crippen LogP contribution in [0.1, 0.15) is 47.0 Å². The highest BCUT2D eigenvalue weighted by atomic mass is 16.5. The summed E-state index contributed by atoms with van der Waals surface area (Å²) in [6.45, 7) is 10.7. The first kappa shape index (κ1) is 16.8. The minimum atomic E-state index is -0.125. The largest absolute Gasteiger partial charge is 0.466 e. The van der Waals surface area contributed by atoms with Gasteiger partial charge in [-0.1, -0.05) is 20.8 Å². The normalized spacial score (nSPS) is 16.9. The van der Waals surface area contributed by atoms with Crippen LogP contribution in [0.2, 0.25) is 0 Å². The summed E-state index contributed by atoms with van der Waals surface area (Å²) in [5, 5.41) is 2.95. The predicted molar refractivity (Wildman–Crippen MR) is 78.4 cm³/mol. The summed E-state index contributed by atoms with van der Waals surface area (Å²) in [4.78, 5) is 25.4. The molecule has 0 spiro atoms. The molecule has 0 unspecified atom stereocenters. The molecule has 0 saturated carbocycles. The van der Waals surface area contributed by atoms with E-state index >= 15 is 0 Å². The Bertz CT molecular complexity index is 329. The highest BCUT2D eigenvalue weighted by Gasteiger charge is 2.28. The van der Waals surface area contributed by atoms with Crippen molar-refractivity contribution in [2.75, 3.05) is 26.2 Å². The molecule has 0 aromatic heterocycles. The average Bonchev–Trinajstić information content (AvgIpc) is 2.37. The number of piperidine rings is 1. The van der Waals surface area contributed by atoms with Crippen molar-refractivity contribution in [3.63, 3.8) is 0 Å². The van der Waals surface area contributed by atoms with Gasteiger partial charge in [0.1, 0.15) is 0 Å². The Labute approximate surface area is 122 Å². The number of esters is 1. The molecule has 1 aliphatic rings. The monoisotopic (exact) mass is 284 g/mol. The van der Waals surface area contributed by atoms with Crippen molar-refractivity contribution in [3.8, 4) is 0 Å². The Morgan fingerprint density at radius 2 is 1.85 bits per heavy atom. The van der Waals surface area contributed by atoms with E-state index in [4.69, 9.17) is 4.74 Å². The van der Waals surface area contributed by atoms with Gasteiger partial charge in [0.15, 0.2) is 0 Å². The second-order valence-corrected chi connectivity index (χ2v) is 6.56. The maximum Gasteiger partial charge on any atom is 0.317 e. The number of nitrogens with zero attached hydrogens (tertiary/aromatic N) is 1. The van der Waals surface area contributed by atoms with E-state index in [1.807, 2.05) is 6.92 Å². The van der Waals surface area contributed by atoms with Crippen LogP contribution in [0, 0.1) is 11.3 Å². The van der Waals surface area contributed by atoms with Crippen LogP contribution in [-0.4, -0.2) is 43.1 Å². The van der Waals surface area contributed by atoms with Crippen LogP contribution in [0.5, 0.6) is 0 Å². The zero-order chi connectivity index (χ0) is 15.2. The predicted octanol–water partition coefficient (Wildman–Crippen LogP) is 2.41. The van der Waals surface area contributed by atoms with Gasteiger partial charge in [0.2, 0.25) is 0 Å². The van der Waals surface area contributed by atoms with Crippen LogP contribution in [-0.2, 0) is 9.53 Å². The van der Waals surface area contributed by atoms with Gasteiger partial charge in [0.05, 0.1) is 12.5 Å². The molecule has 5 nitrogen and oxygen atoms in total. The van der Waals surface area contributed by atoms with Gasteiger partial charge in [-0.25, -0.2) is 4.79 Å². The van der Waals surface area contributed by atoms with E-state index in [0.29, 0.717) is 39.1 Å². The molecule has 1 fully saturated rings. The summed E-state index contributed by atoms with van der Waals surface area (Å²) in [7, 11) is 0. The summed E-state index contributed by atoms with van der Waals surface area (Å²) in [5.74, 6) is -0.172. The van der Waals surface area contributed by atoms with Gasteiger partial charge in [-0.05, 0) is 31.6 Å². The molecule has 0 bridgehead atoms. The van der Waals surface area contributed by atoms with Gasteiger partial charge in [-0.2, -0.15) is 0 Å². The number of ether oxygens (including phenoxy) is 1. The van der Waals surface area contributed by atoms with E-state index in [2.05, 4.69) is 26.1 Å². The fraction of sp³-hybridized carbons (Fsp3) is 0.867. The molecule has 1 heterocycles. The van der Waals surface area contributed by atoms with Gasteiger partial charge >= 0.3 is 12.0 Å². The molecule has 1 rings (SSSR count). The lowest BCUT2D eigenvalue weighted by atomic mass is 9.92. The van der Waals surface area contributed by atoms with Crippen molar-refractivity contribution in [2.45, 2.75) is 47.0 Å². The Hall–Kier alpha value is -1.26. The van der Waals surface area contributed by atoms with Crippen LogP contribution < -0.4 is 5.32 Å². The first-order valence-electron chi connectivity index (χ1n) is 7.53. The van der Waals surface area contributed by atoms with Crippen LogP contribution >= 0.6 is 0 Å². The minimum absolute atomic E-state index is 0.0171. The van der Waals surface area contributed by atoms with E-state index in [-0.39, 0.29) is 23.3 Å². The van der Waals surface area contributed by atoms with E-state index in [1.54, 1.807) is 4.90 Å². The number of rotatable bonds is 4. The first-order valence-corrected chi connectivity index (χ1v) is 7.53. The van der Waals surface area contributed by atoms with E-state index in [1.165, 1.54) is 0 Å². The maximum absolute atomic E-state index is 12.0. The summed E-state index contributed by atoms with van der Waals surface area (Å²) < 4.78 is 5.02. The molecule has 0 aliphatic carbocycles. The molecule has 0 atom stereocenters. The number of carbonyl (C=O) groups is 2. The van der Waals surface area contributed by atoms with E-state index < -0.39 is 0 Å². The third-order valence-electron chi connectivity index (χ3n) is 3.55. The molecule has 0 radical (unpaired) electrons. The highest BCUT2D eigenvalue weighted by Crippen LogP contribution is 2.19. The van der Waals surface area contributed by atoms with Crippen LogP contribution in [0.3, 0.4) is 0 Å². The molecule has 2 amide bonds. The van der Waals surface area contributed by atoms with Crippen LogP contribution in [0.4, 0.5) is 4.79 Å². The molecule has 5 heteroatoms. The van der Waals surface area contributed by atoms with Crippen molar-refractivity contribution < 1.29 is 14.3 Å². The second-order valence-electron chi connectivity index (χ2n) is 6.56. The van der Waals surface area contributed by atoms with Gasteiger partial charge < -0.3 is 15.0 Å². The van der Waals surface area contributed by atoms with Crippen molar-refractivity contribution in [1.82, 2.24) is 10.2 Å². The number of likely N-dealkylation sites (tertiary alicyclic amines) is 1. The Balaban J connectivity index is 2.27. The third kappa shape index (κ3) is 5.80. The number of carbonyl (C=O) groups excluding carboxylic acids is 2. The lowest BCUT2D eigenvalue weighted by Crippen LogP contribution is -2.46. The molecule has 1 saturated heterocycles. The van der Waals surface area contributed by atoms with Crippen LogP contribution in [0.15, 0.2) is 0 Å². The lowest BCUT2D eigenvalue weighted by molar-refractivity contribution is -0.149. The molecule has 0 aromatic carbocycles. The molecular weight excluding hydrogens is 256 g/mol. The Morgan fingerprint density at radius 1 is 1.25 bits per heavy atom. The van der Waals surface area contributed by atoms with Gasteiger partial charge in [-0.3, -0.25) is 4.79 Å². The summed E-state index contributed by atoms with van der Waals surface area (Å²) >= 11 is 0. The third-order valence-corrected chi connectivity index (χ3v) is 3.55. The SMILES string of the molecule is CCOC(=O)C1CCN(C(=O)NCCC(C)(C)C)CC1. The second kappa shape index (κ2) is 7.50. The van der Waals surface area contributed by atoms with E-state index in [0.717, 1.165) is 6.42 Å². The van der Waals surface area contributed by atoms with Crippen molar-refractivity contribution in [3.05, 3.63) is 0 Å². The van der Waals surface area contributed by atoms with Crippen molar-refractivity contribution >= 4 is 12.0 Å². The number of nitrogens with one attached hydrogen (secondary N) is 1. The van der Waals surface area contributed by atoms with Crippen molar-refractivity contribution in [2.24, 2.45) is 11.3 Å². The fourth-order valence-corrected chi connectivity index (χ4v) is 2.23.